The van der Waals surface area contributed by atoms with Crippen LogP contribution in [0.1, 0.15) is 0 Å². The van der Waals surface area contributed by atoms with Crippen molar-refractivity contribution in [2.24, 2.45) is 5.84 Å². The average Bonchev–Trinajstić information content (AvgIpc) is 2.17. The maximum absolute atomic E-state index is 10.5. The molecule has 0 aromatic heterocycles. The van der Waals surface area contributed by atoms with Crippen LogP contribution in [0.4, 0.5) is 0 Å². The Morgan fingerprint density at radius 3 is 2.92 bits per heavy atom. The minimum atomic E-state index is -1.39. The third-order valence-corrected chi connectivity index (χ3v) is 1.80. The molecule has 1 rings (SSSR count). The van der Waals surface area contributed by atoms with E-state index >= 15 is 0 Å². The Balaban J connectivity index is 3.03. The van der Waals surface area contributed by atoms with Crippen molar-refractivity contribution in [1.82, 2.24) is 10.7 Å². The summed E-state index contributed by atoms with van der Waals surface area (Å²) in [5.41, 5.74) is 0.563. The zero-order valence-electron chi connectivity index (χ0n) is 6.73. The standard InChI is InChI=1S/C6H10N4O3/c7-9-6(4-11)5(10(12)13)2-1-3-8-6/h1-3,8-9,11H,4,7H2. The van der Waals surface area contributed by atoms with Gasteiger partial charge in [-0.15, -0.1) is 0 Å². The highest BCUT2D eigenvalue weighted by Gasteiger charge is 2.41. The summed E-state index contributed by atoms with van der Waals surface area (Å²) in [5, 5.41) is 22.1. The topological polar surface area (TPSA) is 113 Å². The van der Waals surface area contributed by atoms with Crippen LogP contribution in [0.2, 0.25) is 0 Å². The van der Waals surface area contributed by atoms with Gasteiger partial charge >= 0.3 is 0 Å². The molecule has 1 atom stereocenters. The maximum atomic E-state index is 10.5. The van der Waals surface area contributed by atoms with Crippen molar-refractivity contribution in [3.05, 3.63) is 34.2 Å². The predicted octanol–water partition coefficient (Wildman–Crippen LogP) is -1.58. The molecule has 1 heterocycles. The minimum absolute atomic E-state index is 0.222. The second kappa shape index (κ2) is 3.52. The molecule has 0 bridgehead atoms. The van der Waals surface area contributed by atoms with Gasteiger partial charge in [-0.25, -0.2) is 5.43 Å². The monoisotopic (exact) mass is 186 g/mol. The minimum Gasteiger partial charge on any atom is -0.392 e. The van der Waals surface area contributed by atoms with E-state index in [0.717, 1.165) is 0 Å². The van der Waals surface area contributed by atoms with Crippen LogP contribution in [0.5, 0.6) is 0 Å². The van der Waals surface area contributed by atoms with E-state index in [4.69, 9.17) is 10.9 Å². The number of nitrogens with two attached hydrogens (primary N) is 1. The van der Waals surface area contributed by atoms with E-state index < -0.39 is 17.2 Å². The van der Waals surface area contributed by atoms with Crippen molar-refractivity contribution in [1.29, 1.82) is 0 Å². The molecule has 0 aliphatic carbocycles. The molecule has 0 fully saturated rings. The van der Waals surface area contributed by atoms with Gasteiger partial charge in [-0.05, 0) is 12.3 Å². The summed E-state index contributed by atoms with van der Waals surface area (Å²) in [6.45, 7) is -0.513. The highest BCUT2D eigenvalue weighted by atomic mass is 16.6. The highest BCUT2D eigenvalue weighted by Crippen LogP contribution is 2.16. The number of rotatable bonds is 3. The zero-order chi connectivity index (χ0) is 9.90. The van der Waals surface area contributed by atoms with Crippen LogP contribution in [-0.4, -0.2) is 22.3 Å². The Labute approximate surface area is 74.0 Å². The summed E-state index contributed by atoms with van der Waals surface area (Å²) in [5.74, 6) is 5.13. The Bertz CT molecular complexity index is 269. The second-order valence-electron chi connectivity index (χ2n) is 2.52. The average molecular weight is 186 g/mol. The molecule has 72 valence electrons. The summed E-state index contributed by atoms with van der Waals surface area (Å²) < 4.78 is 0. The molecule has 1 unspecified atom stereocenters. The lowest BCUT2D eigenvalue weighted by molar-refractivity contribution is -0.438. The lowest BCUT2D eigenvalue weighted by Crippen LogP contribution is -2.63. The van der Waals surface area contributed by atoms with Crippen LogP contribution in [0.3, 0.4) is 0 Å². The van der Waals surface area contributed by atoms with Crippen molar-refractivity contribution < 1.29 is 10.0 Å². The number of aliphatic hydroxyl groups is 1. The van der Waals surface area contributed by atoms with Crippen LogP contribution in [-0.2, 0) is 0 Å². The number of allylic oxidation sites excluding steroid dienone is 2. The van der Waals surface area contributed by atoms with Gasteiger partial charge in [0.05, 0.1) is 11.5 Å². The molecule has 1 aliphatic heterocycles. The Morgan fingerprint density at radius 2 is 2.54 bits per heavy atom. The number of dihydropyridines is 1. The van der Waals surface area contributed by atoms with Crippen LogP contribution in [0.15, 0.2) is 24.0 Å². The quantitative estimate of drug-likeness (QED) is 0.240. The van der Waals surface area contributed by atoms with Crippen molar-refractivity contribution >= 4 is 0 Å². The lowest BCUT2D eigenvalue weighted by atomic mass is 10.1. The summed E-state index contributed by atoms with van der Waals surface area (Å²) in [4.78, 5) is 9.94. The first kappa shape index (κ1) is 9.65. The highest BCUT2D eigenvalue weighted by molar-refractivity contribution is 5.23. The molecular weight excluding hydrogens is 176 g/mol. The van der Waals surface area contributed by atoms with Gasteiger partial charge in [0.25, 0.3) is 5.70 Å². The third-order valence-electron chi connectivity index (χ3n) is 1.80. The number of nitrogens with zero attached hydrogens (tertiary/aromatic N) is 1. The van der Waals surface area contributed by atoms with Crippen LogP contribution >= 0.6 is 0 Å². The van der Waals surface area contributed by atoms with Crippen LogP contribution < -0.4 is 16.6 Å². The fraction of sp³-hybridized carbons (Fsp3) is 0.333. The molecule has 0 amide bonds. The first-order valence-electron chi connectivity index (χ1n) is 3.54. The number of hydrogen-bond acceptors (Lipinski definition) is 6. The van der Waals surface area contributed by atoms with Gasteiger partial charge in [0.2, 0.25) is 5.66 Å². The van der Waals surface area contributed by atoms with E-state index in [0.29, 0.717) is 0 Å². The molecule has 0 saturated heterocycles. The maximum Gasteiger partial charge on any atom is 0.289 e. The van der Waals surface area contributed by atoms with Crippen LogP contribution in [0.25, 0.3) is 0 Å². The summed E-state index contributed by atoms with van der Waals surface area (Å²) >= 11 is 0. The number of nitrogens with one attached hydrogen (secondary N) is 2. The van der Waals surface area contributed by atoms with Gasteiger partial charge < -0.3 is 10.4 Å². The molecule has 0 spiro atoms. The molecule has 0 saturated carbocycles. The van der Waals surface area contributed by atoms with Gasteiger partial charge in [-0.3, -0.25) is 16.0 Å². The van der Waals surface area contributed by atoms with E-state index in [9.17, 15) is 10.1 Å². The van der Waals surface area contributed by atoms with Gasteiger partial charge in [-0.1, -0.05) is 0 Å². The summed E-state index contributed by atoms with van der Waals surface area (Å²) in [6.07, 6.45) is 4.19. The van der Waals surface area contributed by atoms with Gasteiger partial charge in [-0.2, -0.15) is 0 Å². The number of hydrazine groups is 1. The van der Waals surface area contributed by atoms with Crippen molar-refractivity contribution in [2.75, 3.05) is 6.61 Å². The SMILES string of the molecule is NNC1(CO)NC=CC=C1[N+](=O)[O-]. The Hall–Kier alpha value is -1.44. The zero-order valence-corrected chi connectivity index (χ0v) is 6.73. The first-order chi connectivity index (χ1) is 6.16. The van der Waals surface area contributed by atoms with Gasteiger partial charge in [0, 0.05) is 6.08 Å². The van der Waals surface area contributed by atoms with E-state index in [1.807, 2.05) is 0 Å². The fourth-order valence-corrected chi connectivity index (χ4v) is 1.05. The van der Waals surface area contributed by atoms with E-state index in [1.165, 1.54) is 18.4 Å². The molecule has 7 nitrogen and oxygen atoms in total. The smallest absolute Gasteiger partial charge is 0.289 e. The number of hydrogen-bond donors (Lipinski definition) is 4. The largest absolute Gasteiger partial charge is 0.392 e. The van der Waals surface area contributed by atoms with Crippen LogP contribution in [0, 0.1) is 10.1 Å². The molecule has 7 heteroatoms. The predicted molar refractivity (Wildman–Crippen MR) is 44.5 cm³/mol. The van der Waals surface area contributed by atoms with E-state index in [1.54, 1.807) is 0 Å². The molecular formula is C6H10N4O3. The normalized spacial score (nSPS) is 26.5. The molecule has 0 aromatic carbocycles. The molecule has 5 N–H and O–H groups in total. The molecule has 0 radical (unpaired) electrons. The Kier molecular flexibility index (Phi) is 2.61. The molecule has 0 aromatic rings. The first-order valence-corrected chi connectivity index (χ1v) is 3.54. The summed E-state index contributed by atoms with van der Waals surface area (Å²) in [7, 11) is 0. The van der Waals surface area contributed by atoms with Crippen molar-refractivity contribution in [2.45, 2.75) is 5.66 Å². The van der Waals surface area contributed by atoms with E-state index in [-0.39, 0.29) is 5.70 Å². The number of aliphatic hydroxyl groups excluding tert-OH is 1. The molecule has 13 heavy (non-hydrogen) atoms. The van der Waals surface area contributed by atoms with Gasteiger partial charge in [0.15, 0.2) is 0 Å². The number of nitro groups is 1. The van der Waals surface area contributed by atoms with Crippen molar-refractivity contribution in [3.63, 3.8) is 0 Å². The van der Waals surface area contributed by atoms with Crippen molar-refractivity contribution in [3.8, 4) is 0 Å². The fourth-order valence-electron chi connectivity index (χ4n) is 1.05. The second-order valence-corrected chi connectivity index (χ2v) is 2.52. The van der Waals surface area contributed by atoms with Gasteiger partial charge in [0.1, 0.15) is 0 Å². The third kappa shape index (κ3) is 1.52. The van der Waals surface area contributed by atoms with E-state index in [2.05, 4.69) is 10.7 Å². The summed E-state index contributed by atoms with van der Waals surface area (Å²) in [6, 6.07) is 0. The Morgan fingerprint density at radius 1 is 1.85 bits per heavy atom. The lowest BCUT2D eigenvalue weighted by Gasteiger charge is -2.29. The molecule has 1 aliphatic rings.